The summed E-state index contributed by atoms with van der Waals surface area (Å²) in [6, 6.07) is 12.9. The molecule has 0 unspecified atom stereocenters. The van der Waals surface area contributed by atoms with Gasteiger partial charge in [0.05, 0.1) is 7.11 Å². The molecule has 6 heteroatoms. The van der Waals surface area contributed by atoms with E-state index in [4.69, 9.17) is 13.9 Å². The van der Waals surface area contributed by atoms with Crippen LogP contribution < -0.4 is 14.8 Å². The Bertz CT molecular complexity index is 959. The summed E-state index contributed by atoms with van der Waals surface area (Å²) < 4.78 is 16.8. The summed E-state index contributed by atoms with van der Waals surface area (Å²) in [5, 5.41) is 3.78. The fourth-order valence-electron chi connectivity index (χ4n) is 3.20. The lowest BCUT2D eigenvalue weighted by Crippen LogP contribution is -2.27. The molecule has 6 nitrogen and oxygen atoms in total. The molecule has 0 radical (unpaired) electrons. The monoisotopic (exact) mass is 396 g/mol. The molecule has 1 heterocycles. The Morgan fingerprint density at radius 3 is 2.41 bits per heavy atom. The number of hydrogen-bond acceptors (Lipinski definition) is 5. The van der Waals surface area contributed by atoms with Gasteiger partial charge < -0.3 is 24.1 Å². The predicted octanol–water partition coefficient (Wildman–Crippen LogP) is 4.72. The summed E-state index contributed by atoms with van der Waals surface area (Å²) >= 11 is 0. The highest BCUT2D eigenvalue weighted by molar-refractivity contribution is 6.06. The van der Waals surface area contributed by atoms with Crippen molar-refractivity contribution in [2.75, 3.05) is 38.7 Å². The number of furan rings is 1. The maximum atomic E-state index is 12.7. The second-order valence-electron chi connectivity index (χ2n) is 6.77. The number of aryl methyl sites for hydroxylation is 1. The molecule has 1 N–H and O–H groups in total. The zero-order valence-electron chi connectivity index (χ0n) is 17.5. The molecule has 29 heavy (non-hydrogen) atoms. The minimum atomic E-state index is -0.284. The fourth-order valence-corrected chi connectivity index (χ4v) is 3.20. The first kappa shape index (κ1) is 20.7. The number of methoxy groups -OCH3 is 1. The molecule has 3 aromatic rings. The average molecular weight is 396 g/mol. The number of carbonyl (C=O) groups is 1. The zero-order chi connectivity index (χ0) is 20.8. The Hall–Kier alpha value is -2.99. The zero-order valence-corrected chi connectivity index (χ0v) is 17.5. The molecule has 0 aliphatic heterocycles. The normalized spacial score (nSPS) is 11.1. The summed E-state index contributed by atoms with van der Waals surface area (Å²) in [7, 11) is 1.60. The summed E-state index contributed by atoms with van der Waals surface area (Å²) in [5.74, 6) is 1.48. The van der Waals surface area contributed by atoms with E-state index in [0.717, 1.165) is 36.3 Å². The molecule has 2 aromatic carbocycles. The Morgan fingerprint density at radius 1 is 1.07 bits per heavy atom. The number of ether oxygens (including phenoxy) is 2. The van der Waals surface area contributed by atoms with Gasteiger partial charge in [-0.15, -0.1) is 0 Å². The highest BCUT2D eigenvalue weighted by atomic mass is 16.5. The van der Waals surface area contributed by atoms with Crippen molar-refractivity contribution in [2.45, 2.75) is 20.8 Å². The number of hydrogen-bond donors (Lipinski definition) is 1. The molecular formula is C23H28N2O4. The third kappa shape index (κ3) is 4.90. The minimum Gasteiger partial charge on any atom is -0.497 e. The Kier molecular flexibility index (Phi) is 6.77. The lowest BCUT2D eigenvalue weighted by Gasteiger charge is -2.18. The Labute approximate surface area is 171 Å². The number of benzene rings is 2. The van der Waals surface area contributed by atoms with Gasteiger partial charge in [0.2, 0.25) is 0 Å². The van der Waals surface area contributed by atoms with E-state index in [-0.39, 0.29) is 5.91 Å². The molecular weight excluding hydrogens is 368 g/mol. The number of fused-ring (bicyclic) bond motifs is 1. The van der Waals surface area contributed by atoms with Gasteiger partial charge >= 0.3 is 0 Å². The number of carbonyl (C=O) groups excluding carboxylic acids is 1. The van der Waals surface area contributed by atoms with Crippen LogP contribution in [-0.4, -0.2) is 44.2 Å². The summed E-state index contributed by atoms with van der Waals surface area (Å²) in [6.45, 7) is 9.71. The standard InChI is InChI=1S/C23H28N2O4/c1-5-25(6-2)13-14-28-18-9-7-17(8-10-18)24-23(26)22-16(3)20-12-11-19(27-4)15-21(20)29-22/h7-12,15H,5-6,13-14H2,1-4H3,(H,24,26). The summed E-state index contributed by atoms with van der Waals surface area (Å²) in [4.78, 5) is 15.0. The maximum absolute atomic E-state index is 12.7. The first-order valence-corrected chi connectivity index (χ1v) is 9.89. The van der Waals surface area contributed by atoms with Crippen LogP contribution in [0.15, 0.2) is 46.9 Å². The lowest BCUT2D eigenvalue weighted by molar-refractivity contribution is 0.0998. The second kappa shape index (κ2) is 9.47. The molecule has 0 aliphatic carbocycles. The molecule has 0 saturated heterocycles. The van der Waals surface area contributed by atoms with Gasteiger partial charge in [0.1, 0.15) is 23.7 Å². The van der Waals surface area contributed by atoms with Gasteiger partial charge in [0.25, 0.3) is 5.91 Å². The molecule has 1 aromatic heterocycles. The number of nitrogens with zero attached hydrogens (tertiary/aromatic N) is 1. The summed E-state index contributed by atoms with van der Waals surface area (Å²) in [6.07, 6.45) is 0. The first-order chi connectivity index (χ1) is 14.0. The molecule has 0 aliphatic rings. The van der Waals surface area contributed by atoms with Crippen LogP contribution in [0.5, 0.6) is 11.5 Å². The second-order valence-corrected chi connectivity index (χ2v) is 6.77. The van der Waals surface area contributed by atoms with Crippen molar-refractivity contribution in [1.82, 2.24) is 4.90 Å². The summed E-state index contributed by atoms with van der Waals surface area (Å²) in [5.41, 5.74) is 2.11. The van der Waals surface area contributed by atoms with Crippen molar-refractivity contribution < 1.29 is 18.7 Å². The lowest BCUT2D eigenvalue weighted by atomic mass is 10.1. The van der Waals surface area contributed by atoms with Crippen LogP contribution in [0.25, 0.3) is 11.0 Å². The van der Waals surface area contributed by atoms with Gasteiger partial charge in [-0.2, -0.15) is 0 Å². The van der Waals surface area contributed by atoms with Crippen molar-refractivity contribution in [3.05, 3.63) is 53.8 Å². The molecule has 0 spiro atoms. The first-order valence-electron chi connectivity index (χ1n) is 9.89. The van der Waals surface area contributed by atoms with E-state index >= 15 is 0 Å². The highest BCUT2D eigenvalue weighted by Crippen LogP contribution is 2.29. The molecule has 0 bridgehead atoms. The van der Waals surface area contributed by atoms with E-state index < -0.39 is 0 Å². The quantitative estimate of drug-likeness (QED) is 0.567. The number of anilines is 1. The van der Waals surface area contributed by atoms with E-state index in [2.05, 4.69) is 24.1 Å². The van der Waals surface area contributed by atoms with Crippen molar-refractivity contribution >= 4 is 22.6 Å². The third-order valence-corrected chi connectivity index (χ3v) is 5.03. The smallest absolute Gasteiger partial charge is 0.291 e. The molecule has 1 amide bonds. The molecule has 0 atom stereocenters. The van der Waals surface area contributed by atoms with E-state index in [1.54, 1.807) is 13.2 Å². The van der Waals surface area contributed by atoms with Crippen LogP contribution >= 0.6 is 0 Å². The average Bonchev–Trinajstić information content (AvgIpc) is 3.08. The van der Waals surface area contributed by atoms with Crippen LogP contribution in [0.3, 0.4) is 0 Å². The van der Waals surface area contributed by atoms with Crippen LogP contribution in [0.2, 0.25) is 0 Å². The molecule has 0 fully saturated rings. The van der Waals surface area contributed by atoms with Gasteiger partial charge in [0.15, 0.2) is 5.76 Å². The van der Waals surface area contributed by atoms with Crippen LogP contribution in [0, 0.1) is 6.92 Å². The van der Waals surface area contributed by atoms with Crippen molar-refractivity contribution in [3.8, 4) is 11.5 Å². The van der Waals surface area contributed by atoms with Crippen molar-refractivity contribution in [1.29, 1.82) is 0 Å². The van der Waals surface area contributed by atoms with Gasteiger partial charge in [-0.25, -0.2) is 0 Å². The van der Waals surface area contributed by atoms with Crippen LogP contribution in [-0.2, 0) is 0 Å². The largest absolute Gasteiger partial charge is 0.497 e. The van der Waals surface area contributed by atoms with E-state index in [9.17, 15) is 4.79 Å². The number of amides is 1. The van der Waals surface area contributed by atoms with E-state index in [1.807, 2.05) is 43.3 Å². The molecule has 154 valence electrons. The SMILES string of the molecule is CCN(CC)CCOc1ccc(NC(=O)c2oc3cc(OC)ccc3c2C)cc1. The van der Waals surface area contributed by atoms with Crippen LogP contribution in [0.1, 0.15) is 30.0 Å². The number of nitrogens with one attached hydrogen (secondary N) is 1. The molecule has 3 rings (SSSR count). The van der Waals surface area contributed by atoms with Crippen molar-refractivity contribution in [3.63, 3.8) is 0 Å². The highest BCUT2D eigenvalue weighted by Gasteiger charge is 2.18. The Balaban J connectivity index is 1.63. The van der Waals surface area contributed by atoms with Gasteiger partial charge in [0, 0.05) is 29.2 Å². The van der Waals surface area contributed by atoms with Gasteiger partial charge in [-0.1, -0.05) is 13.8 Å². The topological polar surface area (TPSA) is 63.9 Å². The van der Waals surface area contributed by atoms with Gasteiger partial charge in [-0.05, 0) is 56.4 Å². The minimum absolute atomic E-state index is 0.284. The van der Waals surface area contributed by atoms with Crippen LogP contribution in [0.4, 0.5) is 5.69 Å². The Morgan fingerprint density at radius 2 is 1.76 bits per heavy atom. The van der Waals surface area contributed by atoms with Gasteiger partial charge in [-0.3, -0.25) is 4.79 Å². The predicted molar refractivity (Wildman–Crippen MR) is 115 cm³/mol. The number of rotatable bonds is 9. The molecule has 0 saturated carbocycles. The number of likely N-dealkylation sites (N-methyl/N-ethyl adjacent to an activating group) is 1. The third-order valence-electron chi connectivity index (χ3n) is 5.03. The fraction of sp³-hybridized carbons (Fsp3) is 0.348. The van der Waals surface area contributed by atoms with E-state index in [1.165, 1.54) is 0 Å². The van der Waals surface area contributed by atoms with E-state index in [0.29, 0.717) is 29.4 Å². The maximum Gasteiger partial charge on any atom is 0.291 e. The van der Waals surface area contributed by atoms with Crippen molar-refractivity contribution in [2.24, 2.45) is 0 Å².